The second-order valence-electron chi connectivity index (χ2n) is 5.85. The molecule has 0 radical (unpaired) electrons. The maximum absolute atomic E-state index is 6.00. The minimum Gasteiger partial charge on any atom is -0.378 e. The summed E-state index contributed by atoms with van der Waals surface area (Å²) in [6.45, 7) is 6.60. The number of ether oxygens (including phenoxy) is 1. The highest BCUT2D eigenvalue weighted by molar-refractivity contribution is 4.85. The molecule has 2 aliphatic rings. The lowest BCUT2D eigenvalue weighted by Crippen LogP contribution is -2.36. The van der Waals surface area contributed by atoms with E-state index in [-0.39, 0.29) is 0 Å². The van der Waals surface area contributed by atoms with E-state index < -0.39 is 0 Å². The SMILES string of the molecule is CC(C)NCC1CCOC1C1CCCCC1. The molecule has 2 atom stereocenters. The maximum atomic E-state index is 6.00. The average molecular weight is 225 g/mol. The highest BCUT2D eigenvalue weighted by Gasteiger charge is 2.34. The highest BCUT2D eigenvalue weighted by atomic mass is 16.5. The van der Waals surface area contributed by atoms with Gasteiger partial charge in [0.2, 0.25) is 0 Å². The first-order valence-corrected chi connectivity index (χ1v) is 7.12. The fourth-order valence-corrected chi connectivity index (χ4v) is 3.24. The summed E-state index contributed by atoms with van der Waals surface area (Å²) in [5.41, 5.74) is 0. The second kappa shape index (κ2) is 6.02. The van der Waals surface area contributed by atoms with E-state index in [9.17, 15) is 0 Å². The first kappa shape index (κ1) is 12.4. The Kier molecular flexibility index (Phi) is 4.66. The van der Waals surface area contributed by atoms with Crippen molar-refractivity contribution in [1.29, 1.82) is 0 Å². The van der Waals surface area contributed by atoms with Gasteiger partial charge in [0.15, 0.2) is 0 Å². The highest BCUT2D eigenvalue weighted by Crippen LogP contribution is 2.35. The first-order valence-electron chi connectivity index (χ1n) is 7.12. The first-order chi connectivity index (χ1) is 7.77. The summed E-state index contributed by atoms with van der Waals surface area (Å²) in [6, 6.07) is 0.604. The van der Waals surface area contributed by atoms with Crippen LogP contribution in [0.3, 0.4) is 0 Å². The molecule has 0 bridgehead atoms. The van der Waals surface area contributed by atoms with Crippen LogP contribution >= 0.6 is 0 Å². The summed E-state index contributed by atoms with van der Waals surface area (Å²) in [7, 11) is 0. The molecule has 0 aromatic rings. The number of hydrogen-bond donors (Lipinski definition) is 1. The van der Waals surface area contributed by atoms with Gasteiger partial charge in [-0.1, -0.05) is 33.1 Å². The van der Waals surface area contributed by atoms with Crippen LogP contribution in [0, 0.1) is 11.8 Å². The van der Waals surface area contributed by atoms with Crippen molar-refractivity contribution in [3.8, 4) is 0 Å². The van der Waals surface area contributed by atoms with E-state index in [4.69, 9.17) is 4.74 Å². The van der Waals surface area contributed by atoms with Crippen LogP contribution in [0.5, 0.6) is 0 Å². The average Bonchev–Trinajstić information content (AvgIpc) is 2.75. The Hall–Kier alpha value is -0.0800. The van der Waals surface area contributed by atoms with Crippen LogP contribution in [0.4, 0.5) is 0 Å². The number of nitrogens with one attached hydrogen (secondary N) is 1. The van der Waals surface area contributed by atoms with E-state index >= 15 is 0 Å². The van der Waals surface area contributed by atoms with Crippen molar-refractivity contribution in [3.05, 3.63) is 0 Å². The summed E-state index contributed by atoms with van der Waals surface area (Å²) in [4.78, 5) is 0. The van der Waals surface area contributed by atoms with Gasteiger partial charge in [0.1, 0.15) is 0 Å². The Balaban J connectivity index is 1.82. The van der Waals surface area contributed by atoms with E-state index in [1.807, 2.05) is 0 Å². The zero-order chi connectivity index (χ0) is 11.4. The largest absolute Gasteiger partial charge is 0.378 e. The molecule has 2 nitrogen and oxygen atoms in total. The third-order valence-electron chi connectivity index (χ3n) is 4.17. The van der Waals surface area contributed by atoms with Crippen LogP contribution in [-0.2, 0) is 4.74 Å². The standard InChI is InChI=1S/C14H27NO/c1-11(2)15-10-13-8-9-16-14(13)12-6-4-3-5-7-12/h11-15H,3-10H2,1-2H3. The van der Waals surface area contributed by atoms with Crippen LogP contribution in [0.25, 0.3) is 0 Å². The molecule has 1 aliphatic heterocycles. The topological polar surface area (TPSA) is 21.3 Å². The lowest BCUT2D eigenvalue weighted by molar-refractivity contribution is 0.0265. The smallest absolute Gasteiger partial charge is 0.0644 e. The molecule has 94 valence electrons. The zero-order valence-electron chi connectivity index (χ0n) is 10.9. The molecule has 2 fully saturated rings. The molecule has 0 aromatic heterocycles. The number of hydrogen-bond acceptors (Lipinski definition) is 2. The van der Waals surface area contributed by atoms with E-state index in [0.29, 0.717) is 12.1 Å². The van der Waals surface area contributed by atoms with Gasteiger partial charge in [0, 0.05) is 25.1 Å². The molecule has 1 aliphatic carbocycles. The van der Waals surface area contributed by atoms with Crippen molar-refractivity contribution in [3.63, 3.8) is 0 Å². The van der Waals surface area contributed by atoms with Gasteiger partial charge in [-0.2, -0.15) is 0 Å². The van der Waals surface area contributed by atoms with Crippen LogP contribution < -0.4 is 5.32 Å². The minimum absolute atomic E-state index is 0.562. The van der Waals surface area contributed by atoms with E-state index in [2.05, 4.69) is 19.2 Å². The lowest BCUT2D eigenvalue weighted by Gasteiger charge is -2.31. The Bertz CT molecular complexity index is 199. The monoisotopic (exact) mass is 225 g/mol. The Labute approximate surface area is 100 Å². The quantitative estimate of drug-likeness (QED) is 0.794. The molecule has 1 saturated heterocycles. The predicted octanol–water partition coefficient (Wildman–Crippen LogP) is 2.97. The van der Waals surface area contributed by atoms with Crippen molar-refractivity contribution in [2.75, 3.05) is 13.2 Å². The number of rotatable bonds is 4. The molecular weight excluding hydrogens is 198 g/mol. The van der Waals surface area contributed by atoms with Gasteiger partial charge in [-0.3, -0.25) is 0 Å². The molecule has 16 heavy (non-hydrogen) atoms. The van der Waals surface area contributed by atoms with Crippen LogP contribution in [0.2, 0.25) is 0 Å². The zero-order valence-corrected chi connectivity index (χ0v) is 10.9. The van der Waals surface area contributed by atoms with E-state index in [1.165, 1.54) is 38.5 Å². The van der Waals surface area contributed by atoms with Gasteiger partial charge in [-0.15, -0.1) is 0 Å². The van der Waals surface area contributed by atoms with E-state index in [0.717, 1.165) is 25.0 Å². The fourth-order valence-electron chi connectivity index (χ4n) is 3.24. The summed E-state index contributed by atoms with van der Waals surface area (Å²) < 4.78 is 6.00. The molecule has 1 saturated carbocycles. The van der Waals surface area contributed by atoms with Crippen LogP contribution in [0.1, 0.15) is 52.4 Å². The molecule has 1 N–H and O–H groups in total. The predicted molar refractivity (Wildman–Crippen MR) is 67.6 cm³/mol. The van der Waals surface area contributed by atoms with Crippen LogP contribution in [-0.4, -0.2) is 25.3 Å². The fraction of sp³-hybridized carbons (Fsp3) is 1.00. The minimum atomic E-state index is 0.562. The summed E-state index contributed by atoms with van der Waals surface area (Å²) in [6.07, 6.45) is 8.93. The Morgan fingerprint density at radius 1 is 1.12 bits per heavy atom. The lowest BCUT2D eigenvalue weighted by atomic mass is 9.80. The van der Waals surface area contributed by atoms with Crippen molar-refractivity contribution >= 4 is 0 Å². The van der Waals surface area contributed by atoms with Gasteiger partial charge >= 0.3 is 0 Å². The third-order valence-corrected chi connectivity index (χ3v) is 4.17. The molecule has 2 rings (SSSR count). The van der Waals surface area contributed by atoms with Gasteiger partial charge in [-0.05, 0) is 25.2 Å². The molecule has 2 heteroatoms. The van der Waals surface area contributed by atoms with Gasteiger partial charge in [-0.25, -0.2) is 0 Å². The molecule has 2 unspecified atom stereocenters. The Morgan fingerprint density at radius 3 is 2.56 bits per heavy atom. The van der Waals surface area contributed by atoms with Crippen LogP contribution in [0.15, 0.2) is 0 Å². The third kappa shape index (κ3) is 3.21. The summed E-state index contributed by atoms with van der Waals surface area (Å²) in [5, 5.41) is 3.58. The van der Waals surface area contributed by atoms with Gasteiger partial charge < -0.3 is 10.1 Å². The van der Waals surface area contributed by atoms with Crippen molar-refractivity contribution in [2.45, 2.75) is 64.5 Å². The molecular formula is C14H27NO. The molecule has 1 heterocycles. The van der Waals surface area contributed by atoms with Gasteiger partial charge in [0.25, 0.3) is 0 Å². The summed E-state index contributed by atoms with van der Waals surface area (Å²) in [5.74, 6) is 1.63. The summed E-state index contributed by atoms with van der Waals surface area (Å²) >= 11 is 0. The Morgan fingerprint density at radius 2 is 1.88 bits per heavy atom. The van der Waals surface area contributed by atoms with Gasteiger partial charge in [0.05, 0.1) is 6.10 Å². The van der Waals surface area contributed by atoms with Crippen molar-refractivity contribution < 1.29 is 4.74 Å². The van der Waals surface area contributed by atoms with Crippen molar-refractivity contribution in [1.82, 2.24) is 5.32 Å². The normalized spacial score (nSPS) is 32.4. The molecule has 0 amide bonds. The molecule has 0 spiro atoms. The molecule has 0 aromatic carbocycles. The second-order valence-corrected chi connectivity index (χ2v) is 5.85. The van der Waals surface area contributed by atoms with E-state index in [1.54, 1.807) is 0 Å². The van der Waals surface area contributed by atoms with Crippen molar-refractivity contribution in [2.24, 2.45) is 11.8 Å². The maximum Gasteiger partial charge on any atom is 0.0644 e.